The molecule has 5 atom stereocenters. The van der Waals surface area contributed by atoms with Crippen molar-refractivity contribution in [1.29, 1.82) is 0 Å². The van der Waals surface area contributed by atoms with Crippen molar-refractivity contribution in [2.24, 2.45) is 11.7 Å². The molecule has 1 heterocycles. The average Bonchev–Trinajstić information content (AvgIpc) is 3.56. The molecule has 0 bridgehead atoms. The first-order valence-electron chi connectivity index (χ1n) is 12.9. The van der Waals surface area contributed by atoms with Crippen molar-refractivity contribution < 1.29 is 38.3 Å². The lowest BCUT2D eigenvalue weighted by Gasteiger charge is -2.30. The Kier molecular flexibility index (Phi) is 11.8. The minimum atomic E-state index is -4.55. The molecule has 0 aromatic heterocycles. The van der Waals surface area contributed by atoms with Gasteiger partial charge in [0, 0.05) is 12.5 Å². The number of likely N-dealkylation sites (tertiary alicyclic amines) is 1. The van der Waals surface area contributed by atoms with Crippen LogP contribution in [0.25, 0.3) is 0 Å². The maximum absolute atomic E-state index is 13.3. The van der Waals surface area contributed by atoms with Gasteiger partial charge >= 0.3 is 13.6 Å². The van der Waals surface area contributed by atoms with Crippen molar-refractivity contribution in [3.05, 3.63) is 0 Å². The highest BCUT2D eigenvalue weighted by Crippen LogP contribution is 2.49. The Balaban J connectivity index is 2.10. The van der Waals surface area contributed by atoms with Crippen LogP contribution in [0, 0.1) is 5.92 Å². The van der Waals surface area contributed by atoms with E-state index in [4.69, 9.17) is 10.3 Å². The number of carbonyl (C=O) groups is 4. The van der Waals surface area contributed by atoms with Gasteiger partial charge in [0.2, 0.25) is 11.8 Å². The van der Waals surface area contributed by atoms with E-state index < -0.39 is 49.4 Å². The van der Waals surface area contributed by atoms with Crippen molar-refractivity contribution in [2.75, 3.05) is 13.1 Å². The van der Waals surface area contributed by atoms with Crippen LogP contribution < -0.4 is 16.4 Å². The Hall–Kier alpha value is -2.01. The number of unbranched alkanes of at least 4 members (excludes halogenated alkanes) is 2. The lowest BCUT2D eigenvalue weighted by molar-refractivity contribution is -0.151. The van der Waals surface area contributed by atoms with Gasteiger partial charge < -0.3 is 31.3 Å². The third-order valence-electron chi connectivity index (χ3n) is 6.54. The second kappa shape index (κ2) is 14.1. The van der Waals surface area contributed by atoms with Crippen LogP contribution in [0.3, 0.4) is 0 Å². The Morgan fingerprint density at radius 3 is 2.39 bits per heavy atom. The van der Waals surface area contributed by atoms with E-state index in [-0.39, 0.29) is 24.8 Å². The molecule has 1 aliphatic carbocycles. The first kappa shape index (κ1) is 30.2. The molecule has 2 fully saturated rings. The molecule has 3 amide bonds. The van der Waals surface area contributed by atoms with Gasteiger partial charge in [0.15, 0.2) is 0 Å². The zero-order valence-corrected chi connectivity index (χ0v) is 22.1. The maximum Gasteiger partial charge on any atom is 0.350 e. The van der Waals surface area contributed by atoms with Crippen molar-refractivity contribution in [1.82, 2.24) is 15.5 Å². The zero-order valence-electron chi connectivity index (χ0n) is 21.2. The fraction of sp³-hybridized carbons (Fsp3) is 0.826. The molecule has 1 saturated heterocycles. The molecule has 0 spiro atoms. The van der Waals surface area contributed by atoms with Crippen molar-refractivity contribution in [3.63, 3.8) is 0 Å². The third kappa shape index (κ3) is 8.83. The van der Waals surface area contributed by atoms with Crippen LogP contribution in [0.2, 0.25) is 0 Å². The molecule has 13 heteroatoms. The average molecular weight is 533 g/mol. The molecule has 0 aromatic rings. The van der Waals surface area contributed by atoms with E-state index in [9.17, 15) is 33.7 Å². The SMILES string of the molecule is CCCC[C@@H](NC(=O)[C@H](CCCCN)NC(=O)C1CC1)P(=O)(O)OC(C)C(=O)N1CCC[C@H]1C(=O)O. The summed E-state index contributed by atoms with van der Waals surface area (Å²) in [6.07, 6.45) is 3.91. The highest BCUT2D eigenvalue weighted by Gasteiger charge is 2.42. The topological polar surface area (TPSA) is 188 Å². The molecule has 0 radical (unpaired) electrons. The predicted molar refractivity (Wildman–Crippen MR) is 132 cm³/mol. The van der Waals surface area contributed by atoms with E-state index >= 15 is 0 Å². The van der Waals surface area contributed by atoms with E-state index in [1.54, 1.807) is 0 Å². The number of carbonyl (C=O) groups excluding carboxylic acids is 3. The van der Waals surface area contributed by atoms with Crippen molar-refractivity contribution in [2.45, 2.75) is 102 Å². The summed E-state index contributed by atoms with van der Waals surface area (Å²) >= 11 is 0. The molecule has 1 aliphatic heterocycles. The van der Waals surface area contributed by atoms with Gasteiger partial charge in [0.25, 0.3) is 5.91 Å². The van der Waals surface area contributed by atoms with Crippen LogP contribution >= 0.6 is 7.60 Å². The number of nitrogens with one attached hydrogen (secondary N) is 2. The first-order chi connectivity index (χ1) is 17.0. The van der Waals surface area contributed by atoms with Crippen LogP contribution in [0.4, 0.5) is 0 Å². The van der Waals surface area contributed by atoms with Crippen LogP contribution in [0.15, 0.2) is 0 Å². The fourth-order valence-electron chi connectivity index (χ4n) is 4.24. The smallest absolute Gasteiger partial charge is 0.350 e. The van der Waals surface area contributed by atoms with Crippen LogP contribution in [-0.4, -0.2) is 75.7 Å². The minimum Gasteiger partial charge on any atom is -0.480 e. The van der Waals surface area contributed by atoms with Gasteiger partial charge in [0.1, 0.15) is 24.0 Å². The molecule has 1 saturated carbocycles. The summed E-state index contributed by atoms with van der Waals surface area (Å²) in [7, 11) is -4.55. The third-order valence-corrected chi connectivity index (χ3v) is 8.33. The summed E-state index contributed by atoms with van der Waals surface area (Å²) in [5, 5.41) is 14.7. The van der Waals surface area contributed by atoms with Crippen LogP contribution in [0.5, 0.6) is 0 Å². The summed E-state index contributed by atoms with van der Waals surface area (Å²) in [5.74, 6) is -4.03. The summed E-state index contributed by atoms with van der Waals surface area (Å²) < 4.78 is 18.6. The van der Waals surface area contributed by atoms with Gasteiger partial charge in [0.05, 0.1) is 0 Å². The number of rotatable bonds is 16. The standard InChI is InChI=1S/C23H41N4O8P/c1-3-4-10-19(26-21(29)17(8-5-6-13-24)25-20(28)16-11-12-16)36(33,34)35-15(2)22(30)27-14-7-9-18(27)23(31)32/h15-19H,3-14,24H2,1-2H3,(H,25,28)(H,26,29)(H,31,32)(H,33,34)/t15?,17-,18-,19-/m0/s1. The number of nitrogens with two attached hydrogens (primary N) is 1. The van der Waals surface area contributed by atoms with E-state index in [2.05, 4.69) is 10.6 Å². The van der Waals surface area contributed by atoms with Crippen molar-refractivity contribution >= 4 is 31.3 Å². The quantitative estimate of drug-likeness (QED) is 0.144. The zero-order chi connectivity index (χ0) is 26.9. The van der Waals surface area contributed by atoms with Crippen LogP contribution in [0.1, 0.15) is 78.1 Å². The summed E-state index contributed by atoms with van der Waals surface area (Å²) in [4.78, 5) is 61.6. The highest BCUT2D eigenvalue weighted by molar-refractivity contribution is 7.53. The molecular formula is C23H41N4O8P. The Morgan fingerprint density at radius 2 is 1.81 bits per heavy atom. The molecule has 2 rings (SSSR count). The molecule has 2 unspecified atom stereocenters. The van der Waals surface area contributed by atoms with E-state index in [1.807, 2.05) is 6.92 Å². The summed E-state index contributed by atoms with van der Waals surface area (Å²) in [6.45, 7) is 3.85. The number of aliphatic carboxylic acids is 1. The predicted octanol–water partition coefficient (Wildman–Crippen LogP) is 1.31. The van der Waals surface area contributed by atoms with Crippen LogP contribution in [-0.2, 0) is 28.3 Å². The van der Waals surface area contributed by atoms with E-state index in [1.165, 1.54) is 6.92 Å². The van der Waals surface area contributed by atoms with Gasteiger partial charge in [-0.3, -0.25) is 23.5 Å². The van der Waals surface area contributed by atoms with Gasteiger partial charge in [-0.05, 0) is 64.8 Å². The minimum absolute atomic E-state index is 0.106. The number of carboxylic acid groups (broad SMARTS) is 1. The first-order valence-corrected chi connectivity index (χ1v) is 14.5. The Bertz CT molecular complexity index is 837. The highest BCUT2D eigenvalue weighted by atomic mass is 31.2. The molecule has 36 heavy (non-hydrogen) atoms. The number of amides is 3. The number of nitrogens with zero attached hydrogens (tertiary/aromatic N) is 1. The monoisotopic (exact) mass is 532 g/mol. The maximum atomic E-state index is 13.3. The Morgan fingerprint density at radius 1 is 1.11 bits per heavy atom. The lowest BCUT2D eigenvalue weighted by Crippen LogP contribution is -2.50. The molecule has 206 valence electrons. The normalized spacial score (nSPS) is 21.8. The number of carboxylic acids is 1. The largest absolute Gasteiger partial charge is 0.480 e. The summed E-state index contributed by atoms with van der Waals surface area (Å²) in [5.41, 5.74) is 5.55. The van der Waals surface area contributed by atoms with Gasteiger partial charge in [-0.2, -0.15) is 0 Å². The molecule has 12 nitrogen and oxygen atoms in total. The van der Waals surface area contributed by atoms with Gasteiger partial charge in [-0.1, -0.05) is 19.8 Å². The molecule has 2 aliphatic rings. The second-order valence-electron chi connectivity index (χ2n) is 9.63. The fourth-order valence-corrected chi connectivity index (χ4v) is 5.73. The van der Waals surface area contributed by atoms with E-state index in [0.29, 0.717) is 51.5 Å². The number of hydrogen-bond acceptors (Lipinski definition) is 7. The van der Waals surface area contributed by atoms with Gasteiger partial charge in [-0.15, -0.1) is 0 Å². The number of hydrogen-bond donors (Lipinski definition) is 5. The Labute approximate surface area is 212 Å². The second-order valence-corrected chi connectivity index (χ2v) is 11.6. The lowest BCUT2D eigenvalue weighted by atomic mass is 10.1. The molecule has 0 aromatic carbocycles. The summed E-state index contributed by atoms with van der Waals surface area (Å²) in [6, 6.07) is -1.88. The molecular weight excluding hydrogens is 491 g/mol. The van der Waals surface area contributed by atoms with Crippen molar-refractivity contribution in [3.8, 4) is 0 Å². The van der Waals surface area contributed by atoms with E-state index in [0.717, 1.165) is 17.7 Å². The molecule has 6 N–H and O–H groups in total. The van der Waals surface area contributed by atoms with Gasteiger partial charge in [-0.25, -0.2) is 4.79 Å².